The van der Waals surface area contributed by atoms with Gasteiger partial charge >= 0.3 is 35.9 Å². The van der Waals surface area contributed by atoms with Crippen molar-refractivity contribution in [1.82, 2.24) is 0 Å². The fourth-order valence-corrected chi connectivity index (χ4v) is 1.45. The zero-order valence-corrected chi connectivity index (χ0v) is 13.4. The number of carbonyl (C=O) groups is 1. The maximum absolute atomic E-state index is 11.3. The van der Waals surface area contributed by atoms with E-state index in [0.29, 0.717) is 0 Å². The monoisotopic (exact) mass is 313 g/mol. The molecule has 0 spiro atoms. The third kappa shape index (κ3) is 8.26. The molecule has 0 saturated heterocycles. The molecule has 0 saturated carbocycles. The summed E-state index contributed by atoms with van der Waals surface area (Å²) in [6.07, 6.45) is 2.78. The normalized spacial score (nSPS) is 10.0. The van der Waals surface area contributed by atoms with Crippen LogP contribution in [0.4, 0.5) is 0 Å². The van der Waals surface area contributed by atoms with Gasteiger partial charge in [-0.2, -0.15) is 11.6 Å². The molecule has 0 aliphatic heterocycles. The number of nitrogens with zero attached hydrogens (tertiary/aromatic N) is 1. The van der Waals surface area contributed by atoms with E-state index in [1.54, 1.807) is 0 Å². The molecule has 0 heterocycles. The molecular weight excluding hydrogens is 297 g/mol. The van der Waals surface area contributed by atoms with Crippen LogP contribution in [0.3, 0.4) is 0 Å². The van der Waals surface area contributed by atoms with Gasteiger partial charge in [-0.1, -0.05) is 39.0 Å². The Morgan fingerprint density at radius 3 is 2.00 bits per heavy atom. The van der Waals surface area contributed by atoms with Crippen LogP contribution in [-0.2, 0) is 26.6 Å². The Labute approximate surface area is 144 Å². The summed E-state index contributed by atoms with van der Waals surface area (Å²) in [5, 5.41) is 6.25. The van der Waals surface area contributed by atoms with Crippen LogP contribution in [0.5, 0.6) is 0 Å². The van der Waals surface area contributed by atoms with Crippen molar-refractivity contribution < 1.29 is 45.5 Å². The van der Waals surface area contributed by atoms with Crippen LogP contribution in [0.2, 0.25) is 0 Å². The van der Waals surface area contributed by atoms with E-state index in [9.17, 15) is 4.79 Å². The predicted octanol–water partition coefficient (Wildman–Crippen LogP) is 0.190. The van der Waals surface area contributed by atoms with Crippen molar-refractivity contribution in [3.8, 4) is 0 Å². The van der Waals surface area contributed by atoms with Crippen molar-refractivity contribution in [3.05, 3.63) is 48.5 Å². The van der Waals surface area contributed by atoms with E-state index < -0.39 is 5.97 Å². The molecule has 0 N–H and O–H groups in total. The Balaban J connectivity index is -0.000000689. The third-order valence-corrected chi connectivity index (χ3v) is 2.22. The maximum Gasteiger partial charge on any atom is 1.00 e. The van der Waals surface area contributed by atoms with E-state index in [4.69, 9.17) is 11.8 Å². The minimum atomic E-state index is -0.436. The molecule has 0 aliphatic carbocycles. The van der Waals surface area contributed by atoms with Crippen LogP contribution >= 0.6 is 0 Å². The summed E-state index contributed by atoms with van der Waals surface area (Å²) in [7, 11) is 1.36. The summed E-state index contributed by atoms with van der Waals surface area (Å²) in [5.74, 6) is -0.436. The van der Waals surface area contributed by atoms with Crippen LogP contribution in [0, 0.1) is 23.3 Å². The summed E-state index contributed by atoms with van der Waals surface area (Å²) in [4.78, 5) is 11.3. The molecule has 0 aromatic heterocycles. The van der Waals surface area contributed by atoms with Gasteiger partial charge in [0.2, 0.25) is 5.97 Å². The van der Waals surface area contributed by atoms with E-state index in [0.717, 1.165) is 11.1 Å². The molecule has 1 aromatic rings. The zero-order valence-electron chi connectivity index (χ0n) is 12.5. The molecule has 1 rings (SSSR count). The molecule has 106 valence electrons. The molecule has 0 unspecified atom stereocenters. The second-order valence-corrected chi connectivity index (χ2v) is 4.61. The smallest absolute Gasteiger partial charge is 0.512 e. The van der Waals surface area contributed by atoms with E-state index in [1.807, 2.05) is 51.1 Å². The van der Waals surface area contributed by atoms with Crippen LogP contribution < -0.4 is 18.9 Å². The standard InChI is InChI=1S/C14H17O2.CN.Cu.Li/c1-14(2,3)12(10-13(15)16-4)11-8-6-5-7-9-11;1-2;;/h5-9H,1-4H3;;;/q2*-1;2*+1. The van der Waals surface area contributed by atoms with Crippen molar-refractivity contribution in [1.29, 1.82) is 5.26 Å². The largest absolute Gasteiger partial charge is 1.00 e. The fourth-order valence-electron chi connectivity index (χ4n) is 1.45. The Hall–Kier alpha value is -0.963. The first-order valence-electron chi connectivity index (χ1n) is 5.45. The second kappa shape index (κ2) is 11.8. The number of allylic oxidation sites excluding steroid dienone is 1. The Morgan fingerprint density at radius 1 is 1.20 bits per heavy atom. The van der Waals surface area contributed by atoms with E-state index in [1.165, 1.54) is 7.11 Å². The van der Waals surface area contributed by atoms with E-state index >= 15 is 0 Å². The van der Waals surface area contributed by atoms with Gasteiger partial charge in [0.05, 0.1) is 7.11 Å². The Bertz CT molecular complexity index is 436. The van der Waals surface area contributed by atoms with Gasteiger partial charge in [-0.25, -0.2) is 5.57 Å². The molecule has 0 fully saturated rings. The topological polar surface area (TPSA) is 50.1 Å². The Kier molecular flexibility index (Phi) is 14.2. The molecule has 0 bridgehead atoms. The van der Waals surface area contributed by atoms with E-state index in [2.05, 4.69) is 10.8 Å². The maximum atomic E-state index is 11.3. The van der Waals surface area contributed by atoms with Gasteiger partial charge in [-0.15, -0.1) is 12.1 Å². The average molecular weight is 314 g/mol. The zero-order chi connectivity index (χ0) is 14.2. The molecule has 1 aromatic carbocycles. The summed E-state index contributed by atoms with van der Waals surface area (Å²) in [6.45, 7) is 10.9. The van der Waals surface area contributed by atoms with Gasteiger partial charge in [0, 0.05) is 0 Å². The van der Waals surface area contributed by atoms with Crippen molar-refractivity contribution in [3.63, 3.8) is 0 Å². The van der Waals surface area contributed by atoms with Crippen LogP contribution in [0.25, 0.3) is 5.57 Å². The first kappa shape index (κ1) is 24.1. The first-order chi connectivity index (χ1) is 8.45. The van der Waals surface area contributed by atoms with E-state index in [-0.39, 0.29) is 41.3 Å². The number of hydrogen-bond donors (Lipinski definition) is 0. The molecule has 0 atom stereocenters. The number of ether oxygens (including phenoxy) is 1. The van der Waals surface area contributed by atoms with Crippen LogP contribution in [-0.4, -0.2) is 13.1 Å². The molecule has 3 nitrogen and oxygen atoms in total. The first-order valence-corrected chi connectivity index (χ1v) is 5.45. The minimum absolute atomic E-state index is 0. The summed E-state index contributed by atoms with van der Waals surface area (Å²) in [6, 6.07) is 9.77. The number of esters is 1. The predicted molar refractivity (Wildman–Crippen MR) is 69.5 cm³/mol. The summed E-state index contributed by atoms with van der Waals surface area (Å²) < 4.78 is 4.63. The quantitative estimate of drug-likeness (QED) is 0.339. The SMILES string of the molecule is COC(=O)[C-]=C(c1ccccc1)C(C)(C)C.[C-]#N.[Cu+].[Li+]. The van der Waals surface area contributed by atoms with Crippen molar-refractivity contribution in [2.24, 2.45) is 5.41 Å². The average Bonchev–Trinajstić information content (AvgIpc) is 2.37. The molecule has 0 aliphatic rings. The third-order valence-electron chi connectivity index (χ3n) is 2.22. The number of carbonyl (C=O) groups excluding carboxylic acids is 1. The van der Waals surface area contributed by atoms with Gasteiger partial charge in [-0.3, -0.25) is 4.79 Å². The number of methoxy groups -OCH3 is 1. The fraction of sp³-hybridized carbons (Fsp3) is 0.333. The second-order valence-electron chi connectivity index (χ2n) is 4.61. The van der Waals surface area contributed by atoms with Gasteiger partial charge in [-0.05, 0) is 5.41 Å². The molecule has 20 heavy (non-hydrogen) atoms. The summed E-state index contributed by atoms with van der Waals surface area (Å²) in [5.41, 5.74) is 1.72. The van der Waals surface area contributed by atoms with Crippen LogP contribution in [0.1, 0.15) is 26.3 Å². The number of hydrogen-bond acceptors (Lipinski definition) is 3. The summed E-state index contributed by atoms with van der Waals surface area (Å²) >= 11 is 0. The minimum Gasteiger partial charge on any atom is -0.512 e. The molecule has 5 heteroatoms. The molecule has 0 radical (unpaired) electrons. The Morgan fingerprint density at radius 2 is 1.65 bits per heavy atom. The number of rotatable bonds is 2. The van der Waals surface area contributed by atoms with Crippen molar-refractivity contribution in [2.75, 3.05) is 7.11 Å². The number of benzene rings is 1. The molecule has 0 amide bonds. The van der Waals surface area contributed by atoms with Gasteiger partial charge in [0.25, 0.3) is 0 Å². The molecular formula is C15H17CuLiNO2. The van der Waals surface area contributed by atoms with Crippen molar-refractivity contribution >= 4 is 11.5 Å². The van der Waals surface area contributed by atoms with Crippen LogP contribution in [0.15, 0.2) is 30.3 Å². The van der Waals surface area contributed by atoms with Crippen molar-refractivity contribution in [2.45, 2.75) is 20.8 Å². The van der Waals surface area contributed by atoms with Gasteiger partial charge in [0.15, 0.2) is 0 Å². The van der Waals surface area contributed by atoms with Gasteiger partial charge < -0.3 is 16.6 Å². The van der Waals surface area contributed by atoms with Gasteiger partial charge in [0.1, 0.15) is 0 Å².